The first-order valence-corrected chi connectivity index (χ1v) is 8.76. The molecule has 0 aliphatic rings. The van der Waals surface area contributed by atoms with Crippen LogP contribution in [-0.2, 0) is 0 Å². The Hall–Kier alpha value is -2.84. The number of nitrogens with one attached hydrogen (secondary N) is 1. The van der Waals surface area contributed by atoms with Gasteiger partial charge < -0.3 is 5.41 Å². The van der Waals surface area contributed by atoms with E-state index in [2.05, 4.69) is 31.9 Å². The van der Waals surface area contributed by atoms with Crippen LogP contribution in [0.25, 0.3) is 5.57 Å². The zero-order chi connectivity index (χ0) is 19.2. The predicted octanol–water partition coefficient (Wildman–Crippen LogP) is 6.89. The molecular weight excluding hydrogens is 334 g/mol. The van der Waals surface area contributed by atoms with E-state index >= 15 is 0 Å². The smallest absolute Gasteiger partial charge is 0.0177 e. The van der Waals surface area contributed by atoms with Gasteiger partial charge in [-0.25, -0.2) is 0 Å². The second-order valence-corrected chi connectivity index (χ2v) is 5.76. The molecule has 0 radical (unpaired) electrons. The van der Waals surface area contributed by atoms with Crippen LogP contribution in [0, 0.1) is 5.41 Å². The third kappa shape index (κ3) is 7.82. The van der Waals surface area contributed by atoms with Gasteiger partial charge in [-0.2, -0.15) is 12.6 Å². The van der Waals surface area contributed by atoms with Crippen molar-refractivity contribution in [1.82, 2.24) is 0 Å². The molecule has 2 heteroatoms. The van der Waals surface area contributed by atoms with Gasteiger partial charge in [0.1, 0.15) is 0 Å². The lowest BCUT2D eigenvalue weighted by atomic mass is 9.98. The second-order valence-electron chi connectivity index (χ2n) is 5.46. The average Bonchev–Trinajstić information content (AvgIpc) is 2.65. The highest BCUT2D eigenvalue weighted by Gasteiger charge is 2.02. The van der Waals surface area contributed by atoms with Crippen molar-refractivity contribution in [1.29, 1.82) is 5.41 Å². The number of thiol groups is 1. The molecule has 132 valence electrons. The minimum absolute atomic E-state index is 0.928. The number of rotatable bonds is 9. The van der Waals surface area contributed by atoms with E-state index in [9.17, 15) is 0 Å². The van der Waals surface area contributed by atoms with Gasteiger partial charge in [0.25, 0.3) is 0 Å². The summed E-state index contributed by atoms with van der Waals surface area (Å²) in [6.07, 6.45) is 18.4. The Morgan fingerprint density at radius 1 is 1.00 bits per heavy atom. The Labute approximate surface area is 162 Å². The first-order chi connectivity index (χ1) is 12.6. The van der Waals surface area contributed by atoms with Crippen LogP contribution < -0.4 is 0 Å². The van der Waals surface area contributed by atoms with E-state index in [-0.39, 0.29) is 0 Å². The van der Waals surface area contributed by atoms with Crippen molar-refractivity contribution in [3.05, 3.63) is 126 Å². The van der Waals surface area contributed by atoms with Gasteiger partial charge in [-0.05, 0) is 52.8 Å². The Kier molecular flexibility index (Phi) is 10.2. The standard InChI is InChI=1S/C24H25NS/c1-4-11-23(18-20(2)12-7-6-10-16-25)24(15-17-26)19-21(3)22-13-8-5-9-14-22/h4-19,25-26H,1,3H2,2H3/b10-6-,12-7+,17-15-,20-18+,23-11+,24-19+,25-16?. The molecule has 0 amide bonds. The maximum absolute atomic E-state index is 6.98. The molecule has 0 unspecified atom stereocenters. The lowest BCUT2D eigenvalue weighted by Crippen LogP contribution is -1.87. The summed E-state index contributed by atoms with van der Waals surface area (Å²) < 4.78 is 0. The highest BCUT2D eigenvalue weighted by Crippen LogP contribution is 2.22. The monoisotopic (exact) mass is 359 g/mol. The highest BCUT2D eigenvalue weighted by molar-refractivity contribution is 7.83. The largest absolute Gasteiger partial charge is 0.309 e. The molecule has 26 heavy (non-hydrogen) atoms. The summed E-state index contributed by atoms with van der Waals surface area (Å²) in [4.78, 5) is 0. The molecule has 1 N–H and O–H groups in total. The van der Waals surface area contributed by atoms with Crippen LogP contribution in [0.5, 0.6) is 0 Å². The average molecular weight is 360 g/mol. The molecule has 0 aliphatic carbocycles. The summed E-state index contributed by atoms with van der Waals surface area (Å²) in [5.74, 6) is 0. The Morgan fingerprint density at radius 3 is 2.35 bits per heavy atom. The molecule has 1 aromatic carbocycles. The predicted molar refractivity (Wildman–Crippen MR) is 121 cm³/mol. The van der Waals surface area contributed by atoms with Crippen molar-refractivity contribution < 1.29 is 0 Å². The van der Waals surface area contributed by atoms with Gasteiger partial charge in [0.15, 0.2) is 0 Å². The zero-order valence-electron chi connectivity index (χ0n) is 15.1. The van der Waals surface area contributed by atoms with Crippen LogP contribution in [0.2, 0.25) is 0 Å². The molecule has 0 aromatic heterocycles. The van der Waals surface area contributed by atoms with E-state index < -0.39 is 0 Å². The fourth-order valence-corrected chi connectivity index (χ4v) is 2.37. The van der Waals surface area contributed by atoms with Crippen molar-refractivity contribution in [3.63, 3.8) is 0 Å². The van der Waals surface area contributed by atoms with E-state index in [1.54, 1.807) is 17.6 Å². The maximum atomic E-state index is 6.98. The number of benzene rings is 1. The maximum Gasteiger partial charge on any atom is 0.0177 e. The van der Waals surface area contributed by atoms with Gasteiger partial charge >= 0.3 is 0 Å². The van der Waals surface area contributed by atoms with Gasteiger partial charge in [-0.15, -0.1) is 0 Å². The zero-order valence-corrected chi connectivity index (χ0v) is 16.0. The van der Waals surface area contributed by atoms with Gasteiger partial charge in [-0.1, -0.05) is 85.5 Å². The van der Waals surface area contributed by atoms with E-state index in [4.69, 9.17) is 5.41 Å². The fourth-order valence-electron chi connectivity index (χ4n) is 2.21. The van der Waals surface area contributed by atoms with Crippen LogP contribution in [0.15, 0.2) is 120 Å². The first-order valence-electron chi connectivity index (χ1n) is 8.24. The Bertz CT molecular complexity index is 800. The van der Waals surface area contributed by atoms with Gasteiger partial charge in [0.05, 0.1) is 0 Å². The van der Waals surface area contributed by atoms with Crippen LogP contribution in [0.1, 0.15) is 12.5 Å². The normalized spacial score (nSPS) is 13.7. The van der Waals surface area contributed by atoms with Crippen LogP contribution in [-0.4, -0.2) is 6.21 Å². The fraction of sp³-hybridized carbons (Fsp3) is 0.0417. The van der Waals surface area contributed by atoms with E-state index in [0.717, 1.165) is 27.9 Å². The molecule has 0 saturated carbocycles. The summed E-state index contributed by atoms with van der Waals surface area (Å²) >= 11 is 4.23. The number of hydrogen-bond donors (Lipinski definition) is 2. The molecular formula is C24H25NS. The Balaban J connectivity index is 3.22. The topological polar surface area (TPSA) is 23.9 Å². The summed E-state index contributed by atoms with van der Waals surface area (Å²) in [6, 6.07) is 10.1. The molecule has 1 rings (SSSR count). The van der Waals surface area contributed by atoms with Crippen molar-refractivity contribution in [2.24, 2.45) is 0 Å². The van der Waals surface area contributed by atoms with Crippen molar-refractivity contribution >= 4 is 24.4 Å². The molecule has 0 aliphatic heterocycles. The first kappa shape index (κ1) is 21.2. The summed E-state index contributed by atoms with van der Waals surface area (Å²) in [6.45, 7) is 10.0. The lowest BCUT2D eigenvalue weighted by molar-refractivity contribution is 1.45. The minimum Gasteiger partial charge on any atom is -0.309 e. The third-order valence-corrected chi connectivity index (χ3v) is 3.57. The summed E-state index contributed by atoms with van der Waals surface area (Å²) in [7, 11) is 0. The van der Waals surface area contributed by atoms with Gasteiger partial charge in [0, 0.05) is 6.21 Å². The molecule has 1 nitrogen and oxygen atoms in total. The van der Waals surface area contributed by atoms with Crippen molar-refractivity contribution in [2.75, 3.05) is 0 Å². The van der Waals surface area contributed by atoms with Crippen molar-refractivity contribution in [3.8, 4) is 0 Å². The molecule has 0 saturated heterocycles. The quantitative estimate of drug-likeness (QED) is 0.272. The van der Waals surface area contributed by atoms with Gasteiger partial charge in [-0.3, -0.25) is 0 Å². The number of hydrogen-bond acceptors (Lipinski definition) is 2. The van der Waals surface area contributed by atoms with Crippen LogP contribution >= 0.6 is 12.6 Å². The van der Waals surface area contributed by atoms with E-state index in [0.29, 0.717) is 0 Å². The summed E-state index contributed by atoms with van der Waals surface area (Å²) in [5.41, 5.74) is 5.10. The molecule has 1 aromatic rings. The van der Waals surface area contributed by atoms with E-state index in [1.807, 2.05) is 73.7 Å². The highest BCUT2D eigenvalue weighted by atomic mass is 32.1. The minimum atomic E-state index is 0.928. The number of allylic oxidation sites excluding steroid dienone is 13. The second kappa shape index (κ2) is 12.5. The third-order valence-electron chi connectivity index (χ3n) is 3.42. The molecule has 0 spiro atoms. The Morgan fingerprint density at radius 2 is 1.73 bits per heavy atom. The molecule has 0 bridgehead atoms. The molecule has 0 fully saturated rings. The van der Waals surface area contributed by atoms with Gasteiger partial charge in [0.2, 0.25) is 0 Å². The molecule has 0 atom stereocenters. The molecule has 0 heterocycles. The van der Waals surface area contributed by atoms with Crippen LogP contribution in [0.3, 0.4) is 0 Å². The van der Waals surface area contributed by atoms with Crippen molar-refractivity contribution in [2.45, 2.75) is 6.92 Å². The van der Waals surface area contributed by atoms with Crippen LogP contribution in [0.4, 0.5) is 0 Å². The van der Waals surface area contributed by atoms with E-state index in [1.165, 1.54) is 6.21 Å². The summed E-state index contributed by atoms with van der Waals surface area (Å²) in [5, 5.41) is 8.70. The lowest BCUT2D eigenvalue weighted by Gasteiger charge is -2.07. The SMILES string of the molecule is C=C/C=C(\C=C(C)\C=C\C=C/C=N)C(/C=C\S)=C/C(=C)c1ccccc1.